The molecule has 0 saturated carbocycles. The van der Waals surface area contributed by atoms with E-state index in [-0.39, 0.29) is 29.4 Å². The summed E-state index contributed by atoms with van der Waals surface area (Å²) in [7, 11) is 0.628. The number of carbonyl (C=O) groups is 2. The van der Waals surface area contributed by atoms with Crippen LogP contribution in [0.1, 0.15) is 31.4 Å². The molecule has 4 aliphatic rings. The molecule has 2 aliphatic heterocycles. The van der Waals surface area contributed by atoms with Crippen LogP contribution in [0.25, 0.3) is 0 Å². The molecule has 2 bridgehead atoms. The average Bonchev–Trinajstić information content (AvgIpc) is 3.20. The number of likely N-dealkylation sites (N-methyl/N-ethyl adjacent to an activating group) is 1. The van der Waals surface area contributed by atoms with E-state index in [9.17, 15) is 9.59 Å². The van der Waals surface area contributed by atoms with Gasteiger partial charge < -0.3 is 23.5 Å². The molecule has 214 valence electrons. The zero-order chi connectivity index (χ0) is 29.0. The van der Waals surface area contributed by atoms with E-state index in [1.807, 2.05) is 30.3 Å². The highest BCUT2D eigenvalue weighted by Gasteiger charge is 2.65. The summed E-state index contributed by atoms with van der Waals surface area (Å²) in [5, 5.41) is 0.664. The Morgan fingerprint density at radius 3 is 2.48 bits per heavy atom. The molecule has 1 spiro atoms. The third-order valence-electron chi connectivity index (χ3n) is 7.98. The Balaban J connectivity index is 0.000000210. The fraction of sp³-hybridized carbons (Fsp3) is 0.467. The van der Waals surface area contributed by atoms with Crippen LogP contribution < -0.4 is 13.9 Å². The van der Waals surface area contributed by atoms with Crippen molar-refractivity contribution < 1.29 is 28.2 Å². The van der Waals surface area contributed by atoms with Gasteiger partial charge in [-0.2, -0.15) is 0 Å². The molecule has 0 N–H and O–H groups in total. The number of ether oxygens (including phenoxy) is 3. The maximum Gasteiger partial charge on any atom is 0.308 e. The maximum absolute atomic E-state index is 11.7. The highest BCUT2D eigenvalue weighted by atomic mass is 79.9. The summed E-state index contributed by atoms with van der Waals surface area (Å²) in [5.74, 6) is 1.49. The van der Waals surface area contributed by atoms with Crippen molar-refractivity contribution in [1.82, 2.24) is 4.90 Å². The third kappa shape index (κ3) is 5.33. The van der Waals surface area contributed by atoms with Crippen LogP contribution in [0.3, 0.4) is 0 Å². The van der Waals surface area contributed by atoms with E-state index in [0.29, 0.717) is 22.6 Å². The van der Waals surface area contributed by atoms with E-state index in [1.165, 1.54) is 19.4 Å². The molecule has 40 heavy (non-hydrogen) atoms. The minimum atomic E-state index is -1.55. The molecular formula is C30H35BrClNO6Si. The van der Waals surface area contributed by atoms with E-state index < -0.39 is 14.4 Å². The minimum Gasteiger partial charge on any atom is -0.543 e. The number of likely N-dealkylation sites (tertiary alicyclic amines) is 1. The van der Waals surface area contributed by atoms with Crippen LogP contribution >= 0.6 is 27.5 Å². The number of hydrogen-bond acceptors (Lipinski definition) is 7. The van der Waals surface area contributed by atoms with Crippen LogP contribution in [-0.4, -0.2) is 57.0 Å². The molecule has 5 atom stereocenters. The lowest BCUT2D eigenvalue weighted by atomic mass is 9.53. The summed E-state index contributed by atoms with van der Waals surface area (Å²) in [6.45, 7) is 10.2. The molecule has 0 radical (unpaired) electrons. The Kier molecular flexibility index (Phi) is 7.89. The Hall–Kier alpha value is -2.33. The van der Waals surface area contributed by atoms with E-state index in [4.69, 9.17) is 30.2 Å². The molecular weight excluding hydrogens is 614 g/mol. The van der Waals surface area contributed by atoms with Gasteiger partial charge in [0, 0.05) is 41.3 Å². The Labute approximate surface area is 250 Å². The van der Waals surface area contributed by atoms with Crippen molar-refractivity contribution in [2.45, 2.75) is 70.0 Å². The summed E-state index contributed by atoms with van der Waals surface area (Å²) >= 11 is 9.35. The number of halogens is 2. The van der Waals surface area contributed by atoms with Gasteiger partial charge in [-0.15, -0.1) is 0 Å². The fourth-order valence-electron chi connectivity index (χ4n) is 6.63. The summed E-state index contributed by atoms with van der Waals surface area (Å²) < 4.78 is 24.2. The largest absolute Gasteiger partial charge is 0.543 e. The van der Waals surface area contributed by atoms with Gasteiger partial charge in [-0.25, -0.2) is 0 Å². The Morgan fingerprint density at radius 2 is 1.82 bits per heavy atom. The molecule has 2 aromatic rings. The highest BCUT2D eigenvalue weighted by Crippen LogP contribution is 2.62. The van der Waals surface area contributed by atoms with Gasteiger partial charge in [-0.1, -0.05) is 39.7 Å². The van der Waals surface area contributed by atoms with Crippen molar-refractivity contribution in [2.24, 2.45) is 5.92 Å². The molecule has 2 heterocycles. The van der Waals surface area contributed by atoms with Crippen LogP contribution in [0.5, 0.6) is 17.2 Å². The second-order valence-electron chi connectivity index (χ2n) is 11.9. The van der Waals surface area contributed by atoms with Gasteiger partial charge in [0.2, 0.25) is 8.32 Å². The minimum absolute atomic E-state index is 0.245. The Morgan fingerprint density at radius 1 is 1.10 bits per heavy atom. The smallest absolute Gasteiger partial charge is 0.308 e. The number of piperidine rings is 1. The average molecular weight is 649 g/mol. The molecule has 2 aliphatic carbocycles. The molecule has 0 unspecified atom stereocenters. The summed E-state index contributed by atoms with van der Waals surface area (Å²) in [6.07, 6.45) is 5.31. The lowest BCUT2D eigenvalue weighted by Gasteiger charge is -2.56. The van der Waals surface area contributed by atoms with Crippen LogP contribution in [0.2, 0.25) is 24.7 Å². The van der Waals surface area contributed by atoms with Gasteiger partial charge in [0.15, 0.2) is 17.6 Å². The van der Waals surface area contributed by atoms with Crippen LogP contribution in [0.15, 0.2) is 47.0 Å². The van der Waals surface area contributed by atoms with E-state index in [2.05, 4.69) is 59.7 Å². The van der Waals surface area contributed by atoms with Crippen molar-refractivity contribution >= 4 is 47.8 Å². The summed E-state index contributed by atoms with van der Waals surface area (Å²) in [4.78, 5) is 25.7. The first-order valence-electron chi connectivity index (χ1n) is 13.5. The van der Waals surface area contributed by atoms with Gasteiger partial charge in [-0.05, 0) is 82.0 Å². The van der Waals surface area contributed by atoms with Crippen LogP contribution in [0.4, 0.5) is 0 Å². The molecule has 6 rings (SSSR count). The molecule has 0 aromatic heterocycles. The topological polar surface area (TPSA) is 74.3 Å². The molecule has 1 saturated heterocycles. The number of carbonyl (C=O) groups excluding carboxylic acids is 2. The molecule has 7 nitrogen and oxygen atoms in total. The number of nitrogens with zero attached hydrogens (tertiary/aromatic N) is 1. The van der Waals surface area contributed by atoms with Crippen LogP contribution in [-0.2, 0) is 26.2 Å². The van der Waals surface area contributed by atoms with E-state index in [1.54, 1.807) is 0 Å². The zero-order valence-corrected chi connectivity index (χ0v) is 27.0. The second kappa shape index (κ2) is 10.8. The van der Waals surface area contributed by atoms with Crippen molar-refractivity contribution in [2.75, 3.05) is 13.6 Å². The predicted molar refractivity (Wildman–Crippen MR) is 160 cm³/mol. The van der Waals surface area contributed by atoms with Gasteiger partial charge >= 0.3 is 11.9 Å². The lowest BCUT2D eigenvalue weighted by molar-refractivity contribution is -0.152. The van der Waals surface area contributed by atoms with E-state index in [0.717, 1.165) is 35.2 Å². The van der Waals surface area contributed by atoms with Gasteiger partial charge in [0.1, 0.15) is 11.9 Å². The first kappa shape index (κ1) is 29.2. The predicted octanol–water partition coefficient (Wildman–Crippen LogP) is 6.30. The van der Waals surface area contributed by atoms with Crippen LogP contribution in [0, 0.1) is 5.92 Å². The molecule has 2 aromatic carbocycles. The Bertz CT molecular complexity index is 1380. The number of esters is 2. The highest BCUT2D eigenvalue weighted by molar-refractivity contribution is 9.10. The lowest BCUT2D eigenvalue weighted by Crippen LogP contribution is -2.65. The third-order valence-corrected chi connectivity index (χ3v) is 9.60. The number of benzene rings is 2. The van der Waals surface area contributed by atoms with Crippen molar-refractivity contribution in [3.8, 4) is 17.2 Å². The molecule has 1 fully saturated rings. The van der Waals surface area contributed by atoms with E-state index >= 15 is 0 Å². The monoisotopic (exact) mass is 647 g/mol. The van der Waals surface area contributed by atoms with Crippen molar-refractivity contribution in [3.63, 3.8) is 0 Å². The second-order valence-corrected chi connectivity index (χ2v) is 17.6. The summed E-state index contributed by atoms with van der Waals surface area (Å²) in [5.41, 5.74) is 2.15. The standard InChI is InChI=1S/C21H23NO5.C9H12BrClOSi/c1-11(23)25-16-6-4-13-10-15-14-5-7-17(26-12(2)24)20-21(14,8-9-22(15)3)18(13)19(16)27-20;1-13(2,3)12-9-5-4-7(10)6-8(9)11/h4-7,14-15,17,20H,8-10H2,1-3H3;4-6H,1-3H3/t14-,15+,17-,20-,21-;/m0./s1. The first-order valence-corrected chi connectivity index (χ1v) is 18.1. The van der Waals surface area contributed by atoms with Gasteiger partial charge in [0.25, 0.3) is 0 Å². The zero-order valence-electron chi connectivity index (χ0n) is 23.6. The number of rotatable bonds is 4. The van der Waals surface area contributed by atoms with Crippen molar-refractivity contribution in [1.29, 1.82) is 0 Å². The SMILES string of the molecule is CC(=O)Oc1ccc2c3c1O[C@H]1[C@@H](OC(C)=O)C=C[C@H]4[C@@H](C2)N(C)CC[C@@]341.C[Si](C)(C)Oc1ccc(Br)cc1Cl. The quantitative estimate of drug-likeness (QED) is 0.167. The first-order chi connectivity index (χ1) is 18.8. The van der Waals surface area contributed by atoms with Gasteiger partial charge in [0.05, 0.1) is 5.02 Å². The summed E-state index contributed by atoms with van der Waals surface area (Å²) in [6, 6.07) is 9.95. The molecule has 10 heteroatoms. The number of hydrogen-bond donors (Lipinski definition) is 0. The van der Waals surface area contributed by atoms with Crippen molar-refractivity contribution in [3.05, 3.63) is 63.1 Å². The fourth-order valence-corrected chi connectivity index (χ4v) is 8.24. The molecule has 0 amide bonds. The van der Waals surface area contributed by atoms with Gasteiger partial charge in [-0.3, -0.25) is 9.59 Å². The maximum atomic E-state index is 11.7. The normalized spacial score (nSPS) is 27.5.